The van der Waals surface area contributed by atoms with E-state index in [1.165, 1.54) is 0 Å². The van der Waals surface area contributed by atoms with Crippen molar-refractivity contribution >= 4 is 40.4 Å². The molecule has 0 saturated heterocycles. The number of nitrogens with zero attached hydrogens (tertiary/aromatic N) is 2. The number of carbonyl (C=O) groups excluding carboxylic acids is 1. The maximum atomic E-state index is 12.6. The number of carbonyl (C=O) groups is 1. The molecule has 1 fully saturated rings. The Labute approximate surface area is 153 Å². The van der Waals surface area contributed by atoms with E-state index in [9.17, 15) is 4.79 Å². The molecule has 1 aliphatic rings. The Morgan fingerprint density at radius 1 is 1.21 bits per heavy atom. The van der Waals surface area contributed by atoms with Crippen molar-refractivity contribution in [3.8, 4) is 16.3 Å². The zero-order valence-corrected chi connectivity index (χ0v) is 14.8. The van der Waals surface area contributed by atoms with Crippen LogP contribution >= 0.6 is 34.5 Å². The number of rotatable bonds is 4. The maximum absolute atomic E-state index is 12.6. The molecule has 1 amide bonds. The summed E-state index contributed by atoms with van der Waals surface area (Å²) in [5.41, 5.74) is 1.95. The van der Waals surface area contributed by atoms with Gasteiger partial charge in [0.05, 0.1) is 20.6 Å². The molecule has 0 spiro atoms. The molecule has 1 aromatic carbocycles. The SMILES string of the molecule is O=C(NC1CC1)c1cc(-c2cccs2)nn1-c1ccc(Cl)c(Cl)c1. The zero-order valence-electron chi connectivity index (χ0n) is 12.5. The molecule has 3 aromatic rings. The largest absolute Gasteiger partial charge is 0.348 e. The quantitative estimate of drug-likeness (QED) is 0.709. The van der Waals surface area contributed by atoms with Crippen LogP contribution in [0.2, 0.25) is 10.0 Å². The Hall–Kier alpha value is -1.82. The van der Waals surface area contributed by atoms with Crippen LogP contribution in [0.25, 0.3) is 16.3 Å². The van der Waals surface area contributed by atoms with E-state index in [1.54, 1.807) is 34.2 Å². The predicted octanol–water partition coefficient (Wildman–Crippen LogP) is 4.80. The number of amides is 1. The number of halogens is 2. The number of thiophene rings is 1. The molecule has 122 valence electrons. The molecule has 2 aromatic heterocycles. The van der Waals surface area contributed by atoms with Crippen molar-refractivity contribution in [2.45, 2.75) is 18.9 Å². The summed E-state index contributed by atoms with van der Waals surface area (Å²) >= 11 is 13.7. The summed E-state index contributed by atoms with van der Waals surface area (Å²) in [6.07, 6.45) is 2.06. The van der Waals surface area contributed by atoms with Crippen LogP contribution in [0.15, 0.2) is 41.8 Å². The fourth-order valence-electron chi connectivity index (χ4n) is 2.39. The van der Waals surface area contributed by atoms with E-state index >= 15 is 0 Å². The minimum atomic E-state index is -0.126. The third-order valence-corrected chi connectivity index (χ3v) is 5.41. The Morgan fingerprint density at radius 2 is 2.04 bits per heavy atom. The van der Waals surface area contributed by atoms with E-state index in [0.29, 0.717) is 21.4 Å². The van der Waals surface area contributed by atoms with E-state index in [4.69, 9.17) is 23.2 Å². The Bertz CT molecular complexity index is 901. The molecule has 24 heavy (non-hydrogen) atoms. The minimum Gasteiger partial charge on any atom is -0.348 e. The highest BCUT2D eigenvalue weighted by Crippen LogP contribution is 2.29. The van der Waals surface area contributed by atoms with Gasteiger partial charge < -0.3 is 5.32 Å². The summed E-state index contributed by atoms with van der Waals surface area (Å²) < 4.78 is 1.62. The van der Waals surface area contributed by atoms with Gasteiger partial charge in [0, 0.05) is 6.04 Å². The monoisotopic (exact) mass is 377 g/mol. The zero-order chi connectivity index (χ0) is 16.7. The van der Waals surface area contributed by atoms with Crippen molar-refractivity contribution in [1.82, 2.24) is 15.1 Å². The lowest BCUT2D eigenvalue weighted by Gasteiger charge is -2.08. The van der Waals surface area contributed by atoms with Gasteiger partial charge in [0.25, 0.3) is 5.91 Å². The van der Waals surface area contributed by atoms with Crippen LogP contribution in [0.4, 0.5) is 0 Å². The van der Waals surface area contributed by atoms with Gasteiger partial charge in [-0.15, -0.1) is 11.3 Å². The standard InChI is InChI=1S/C17H13Cl2N3OS/c18-12-6-5-11(8-13(12)19)22-15(17(23)20-10-3-4-10)9-14(21-22)16-2-1-7-24-16/h1-2,5-10H,3-4H2,(H,20,23). The van der Waals surface area contributed by atoms with Gasteiger partial charge in [0.2, 0.25) is 0 Å². The van der Waals surface area contributed by atoms with Gasteiger partial charge in [0.1, 0.15) is 11.4 Å². The smallest absolute Gasteiger partial charge is 0.270 e. The lowest BCUT2D eigenvalue weighted by atomic mass is 10.2. The van der Waals surface area contributed by atoms with E-state index < -0.39 is 0 Å². The maximum Gasteiger partial charge on any atom is 0.270 e. The average molecular weight is 378 g/mol. The Kier molecular flexibility index (Phi) is 4.08. The number of nitrogens with one attached hydrogen (secondary N) is 1. The fraction of sp³-hybridized carbons (Fsp3) is 0.176. The van der Waals surface area contributed by atoms with Crippen molar-refractivity contribution in [2.24, 2.45) is 0 Å². The second-order valence-electron chi connectivity index (χ2n) is 5.65. The predicted molar refractivity (Wildman–Crippen MR) is 97.4 cm³/mol. The Balaban J connectivity index is 1.80. The number of aromatic nitrogens is 2. The molecule has 1 aliphatic carbocycles. The highest BCUT2D eigenvalue weighted by Gasteiger charge is 2.26. The fourth-order valence-corrected chi connectivity index (χ4v) is 3.36. The van der Waals surface area contributed by atoms with Gasteiger partial charge in [-0.1, -0.05) is 29.3 Å². The number of hydrogen-bond acceptors (Lipinski definition) is 3. The Morgan fingerprint density at radius 3 is 2.71 bits per heavy atom. The van der Waals surface area contributed by atoms with Crippen molar-refractivity contribution in [1.29, 1.82) is 0 Å². The van der Waals surface area contributed by atoms with Gasteiger partial charge >= 0.3 is 0 Å². The first kappa shape index (κ1) is 15.7. The van der Waals surface area contributed by atoms with Crippen molar-refractivity contribution in [3.05, 3.63) is 57.5 Å². The van der Waals surface area contributed by atoms with Gasteiger partial charge in [-0.25, -0.2) is 4.68 Å². The summed E-state index contributed by atoms with van der Waals surface area (Å²) in [5.74, 6) is -0.126. The highest BCUT2D eigenvalue weighted by molar-refractivity contribution is 7.13. The normalized spacial score (nSPS) is 13.9. The third-order valence-electron chi connectivity index (χ3n) is 3.78. The van der Waals surface area contributed by atoms with Crippen LogP contribution in [-0.2, 0) is 0 Å². The molecule has 0 unspecified atom stereocenters. The number of hydrogen-bond donors (Lipinski definition) is 1. The molecule has 7 heteroatoms. The van der Waals surface area contributed by atoms with E-state index in [0.717, 1.165) is 23.4 Å². The van der Waals surface area contributed by atoms with Crippen LogP contribution < -0.4 is 5.32 Å². The molecule has 0 bridgehead atoms. The molecule has 0 atom stereocenters. The number of benzene rings is 1. The minimum absolute atomic E-state index is 0.126. The first-order valence-electron chi connectivity index (χ1n) is 7.52. The summed E-state index contributed by atoms with van der Waals surface area (Å²) in [7, 11) is 0. The average Bonchev–Trinajstić information content (AvgIpc) is 3.05. The molecule has 0 radical (unpaired) electrons. The molecule has 2 heterocycles. The molecular weight excluding hydrogens is 365 g/mol. The van der Waals surface area contributed by atoms with E-state index in [2.05, 4.69) is 10.4 Å². The second kappa shape index (κ2) is 6.24. The molecule has 1 saturated carbocycles. The molecule has 0 aliphatic heterocycles. The highest BCUT2D eigenvalue weighted by atomic mass is 35.5. The lowest BCUT2D eigenvalue weighted by molar-refractivity contribution is 0.0943. The van der Waals surface area contributed by atoms with Crippen molar-refractivity contribution < 1.29 is 4.79 Å². The van der Waals surface area contributed by atoms with Crippen LogP contribution in [-0.4, -0.2) is 21.7 Å². The van der Waals surface area contributed by atoms with E-state index in [-0.39, 0.29) is 11.9 Å². The topological polar surface area (TPSA) is 46.9 Å². The first-order chi connectivity index (χ1) is 11.6. The molecule has 4 nitrogen and oxygen atoms in total. The van der Waals surface area contributed by atoms with Crippen molar-refractivity contribution in [2.75, 3.05) is 0 Å². The van der Waals surface area contributed by atoms with Crippen LogP contribution in [0, 0.1) is 0 Å². The van der Waals surface area contributed by atoms with Gasteiger partial charge in [-0.3, -0.25) is 4.79 Å². The van der Waals surface area contributed by atoms with Crippen LogP contribution in [0.5, 0.6) is 0 Å². The molecule has 4 rings (SSSR count). The van der Waals surface area contributed by atoms with Crippen LogP contribution in [0.3, 0.4) is 0 Å². The summed E-state index contributed by atoms with van der Waals surface area (Å²) in [6.45, 7) is 0. The van der Waals surface area contributed by atoms with Gasteiger partial charge in [0.15, 0.2) is 0 Å². The third kappa shape index (κ3) is 3.07. The van der Waals surface area contributed by atoms with Gasteiger partial charge in [-0.2, -0.15) is 5.10 Å². The molecular formula is C17H13Cl2N3OS. The van der Waals surface area contributed by atoms with Gasteiger partial charge in [-0.05, 0) is 48.6 Å². The second-order valence-corrected chi connectivity index (χ2v) is 7.41. The lowest BCUT2D eigenvalue weighted by Crippen LogP contribution is -2.27. The molecule has 1 N–H and O–H groups in total. The van der Waals surface area contributed by atoms with Crippen LogP contribution in [0.1, 0.15) is 23.3 Å². The first-order valence-corrected chi connectivity index (χ1v) is 9.15. The summed E-state index contributed by atoms with van der Waals surface area (Å²) in [5, 5.41) is 10.5. The van der Waals surface area contributed by atoms with Crippen molar-refractivity contribution in [3.63, 3.8) is 0 Å². The van der Waals surface area contributed by atoms with E-state index in [1.807, 2.05) is 23.6 Å². The summed E-state index contributed by atoms with van der Waals surface area (Å²) in [6, 6.07) is 11.2. The summed E-state index contributed by atoms with van der Waals surface area (Å²) in [4.78, 5) is 13.6.